The van der Waals surface area contributed by atoms with E-state index >= 15 is 0 Å². The first kappa shape index (κ1) is 22.4. The molecule has 0 unspecified atom stereocenters. The van der Waals surface area contributed by atoms with Gasteiger partial charge in [0.2, 0.25) is 10.0 Å². The number of ether oxygens (including phenoxy) is 1. The van der Waals surface area contributed by atoms with Gasteiger partial charge in [0.1, 0.15) is 0 Å². The van der Waals surface area contributed by atoms with E-state index in [1.54, 1.807) is 39.0 Å². The van der Waals surface area contributed by atoms with Gasteiger partial charge in [0, 0.05) is 36.4 Å². The van der Waals surface area contributed by atoms with Gasteiger partial charge in [-0.05, 0) is 56.7 Å². The molecule has 0 saturated carbocycles. The van der Waals surface area contributed by atoms with Gasteiger partial charge in [0.05, 0.1) is 18.1 Å². The molecule has 7 nitrogen and oxygen atoms in total. The first-order chi connectivity index (χ1) is 14.1. The van der Waals surface area contributed by atoms with Gasteiger partial charge in [0.25, 0.3) is 5.91 Å². The Morgan fingerprint density at radius 1 is 1.07 bits per heavy atom. The molecule has 0 aromatic heterocycles. The van der Waals surface area contributed by atoms with Gasteiger partial charge < -0.3 is 10.1 Å². The predicted octanol–water partition coefficient (Wildman–Crippen LogP) is 2.85. The van der Waals surface area contributed by atoms with Crippen LogP contribution in [0.5, 0.6) is 0 Å². The fourth-order valence-electron chi connectivity index (χ4n) is 3.23. The third kappa shape index (κ3) is 6.37. The standard InChI is InChI=1S/C22H29N3O4S/c1-22(2,3)24-30(27,28)20-9-5-8-19(15-20)23-21(26)18-7-4-6-17(14-18)16-25-10-12-29-13-11-25/h4-9,14-15,24H,10-13,16H2,1-3H3,(H,23,26). The van der Waals surface area contributed by atoms with E-state index in [0.717, 1.165) is 38.4 Å². The Morgan fingerprint density at radius 3 is 2.47 bits per heavy atom. The molecule has 0 spiro atoms. The summed E-state index contributed by atoms with van der Waals surface area (Å²) in [6.07, 6.45) is 0. The number of carbonyl (C=O) groups excluding carboxylic acids is 1. The number of carbonyl (C=O) groups is 1. The topological polar surface area (TPSA) is 87.7 Å². The van der Waals surface area contributed by atoms with E-state index in [1.807, 2.05) is 18.2 Å². The van der Waals surface area contributed by atoms with Crippen molar-refractivity contribution in [3.8, 4) is 0 Å². The minimum Gasteiger partial charge on any atom is -0.379 e. The molecule has 8 heteroatoms. The molecular formula is C22H29N3O4S. The van der Waals surface area contributed by atoms with Crippen LogP contribution in [0.3, 0.4) is 0 Å². The molecule has 1 fully saturated rings. The zero-order chi connectivity index (χ0) is 21.8. The second-order valence-electron chi connectivity index (χ2n) is 8.43. The van der Waals surface area contributed by atoms with Crippen molar-refractivity contribution in [1.29, 1.82) is 0 Å². The maximum absolute atomic E-state index is 12.7. The van der Waals surface area contributed by atoms with E-state index < -0.39 is 15.6 Å². The molecule has 162 valence electrons. The fourth-order valence-corrected chi connectivity index (χ4v) is 4.70. The molecule has 1 aliphatic rings. The number of sulfonamides is 1. The van der Waals surface area contributed by atoms with Crippen LogP contribution >= 0.6 is 0 Å². The lowest BCUT2D eigenvalue weighted by Gasteiger charge is -2.26. The van der Waals surface area contributed by atoms with E-state index in [0.29, 0.717) is 11.3 Å². The number of rotatable bonds is 6. The highest BCUT2D eigenvalue weighted by molar-refractivity contribution is 7.89. The molecular weight excluding hydrogens is 402 g/mol. The van der Waals surface area contributed by atoms with Crippen molar-refractivity contribution in [3.05, 3.63) is 59.7 Å². The summed E-state index contributed by atoms with van der Waals surface area (Å²) >= 11 is 0. The Bertz CT molecular complexity index is 993. The lowest BCUT2D eigenvalue weighted by molar-refractivity contribution is 0.0342. The van der Waals surface area contributed by atoms with Gasteiger partial charge >= 0.3 is 0 Å². The summed E-state index contributed by atoms with van der Waals surface area (Å²) in [6.45, 7) is 9.30. The molecule has 30 heavy (non-hydrogen) atoms. The third-order valence-electron chi connectivity index (χ3n) is 4.54. The molecule has 1 heterocycles. The number of nitrogens with zero attached hydrogens (tertiary/aromatic N) is 1. The van der Waals surface area contributed by atoms with Gasteiger partial charge in [-0.1, -0.05) is 18.2 Å². The Kier molecular flexibility index (Phi) is 6.92. The van der Waals surface area contributed by atoms with E-state index in [9.17, 15) is 13.2 Å². The smallest absolute Gasteiger partial charge is 0.255 e. The third-order valence-corrected chi connectivity index (χ3v) is 6.30. The van der Waals surface area contributed by atoms with Crippen LogP contribution in [0.15, 0.2) is 53.4 Å². The number of hydrogen-bond acceptors (Lipinski definition) is 5. The average Bonchev–Trinajstić information content (AvgIpc) is 2.67. The van der Waals surface area contributed by atoms with Crippen molar-refractivity contribution in [1.82, 2.24) is 9.62 Å². The molecule has 0 bridgehead atoms. The van der Waals surface area contributed by atoms with E-state index in [1.165, 1.54) is 12.1 Å². The molecule has 0 aliphatic carbocycles. The average molecular weight is 432 g/mol. The molecule has 1 aliphatic heterocycles. The summed E-state index contributed by atoms with van der Waals surface area (Å²) in [4.78, 5) is 15.1. The number of anilines is 1. The normalized spacial score (nSPS) is 15.7. The molecule has 2 aromatic rings. The monoisotopic (exact) mass is 431 g/mol. The summed E-state index contributed by atoms with van der Waals surface area (Å²) < 4.78 is 33.1. The maximum Gasteiger partial charge on any atom is 0.255 e. The molecule has 1 amide bonds. The zero-order valence-electron chi connectivity index (χ0n) is 17.6. The van der Waals surface area contributed by atoms with Crippen LogP contribution in [-0.4, -0.2) is 51.1 Å². The SMILES string of the molecule is CC(C)(C)NS(=O)(=O)c1cccc(NC(=O)c2cccc(CN3CCOCC3)c2)c1. The van der Waals surface area contributed by atoms with Gasteiger partial charge in [-0.2, -0.15) is 0 Å². The van der Waals surface area contributed by atoms with Crippen molar-refractivity contribution < 1.29 is 17.9 Å². The van der Waals surface area contributed by atoms with Gasteiger partial charge in [-0.15, -0.1) is 0 Å². The lowest BCUT2D eigenvalue weighted by Crippen LogP contribution is -2.40. The van der Waals surface area contributed by atoms with Crippen molar-refractivity contribution in [2.45, 2.75) is 37.8 Å². The quantitative estimate of drug-likeness (QED) is 0.734. The van der Waals surface area contributed by atoms with Crippen LogP contribution in [0, 0.1) is 0 Å². The van der Waals surface area contributed by atoms with E-state index in [2.05, 4.69) is 14.9 Å². The van der Waals surface area contributed by atoms with Crippen LogP contribution < -0.4 is 10.0 Å². The predicted molar refractivity (Wildman–Crippen MR) is 117 cm³/mol. The number of morpholine rings is 1. The van der Waals surface area contributed by atoms with Gasteiger partial charge in [0.15, 0.2) is 0 Å². The van der Waals surface area contributed by atoms with E-state index in [4.69, 9.17) is 4.74 Å². The Hall–Kier alpha value is -2.26. The Morgan fingerprint density at radius 2 is 1.77 bits per heavy atom. The van der Waals surface area contributed by atoms with Crippen molar-refractivity contribution in [2.75, 3.05) is 31.6 Å². The minimum atomic E-state index is -3.68. The molecule has 2 aromatic carbocycles. The first-order valence-corrected chi connectivity index (χ1v) is 11.5. The van der Waals surface area contributed by atoms with Crippen LogP contribution in [0.4, 0.5) is 5.69 Å². The molecule has 3 rings (SSSR count). The molecule has 2 N–H and O–H groups in total. The van der Waals surface area contributed by atoms with Crippen LogP contribution in [0.25, 0.3) is 0 Å². The molecule has 1 saturated heterocycles. The highest BCUT2D eigenvalue weighted by Crippen LogP contribution is 2.19. The number of amides is 1. The molecule has 0 radical (unpaired) electrons. The Labute approximate surface area is 178 Å². The number of nitrogens with one attached hydrogen (secondary N) is 2. The number of hydrogen-bond donors (Lipinski definition) is 2. The lowest BCUT2D eigenvalue weighted by atomic mass is 10.1. The highest BCUT2D eigenvalue weighted by atomic mass is 32.2. The van der Waals surface area contributed by atoms with Crippen LogP contribution in [-0.2, 0) is 21.3 Å². The second kappa shape index (κ2) is 9.26. The van der Waals surface area contributed by atoms with Gasteiger partial charge in [-0.25, -0.2) is 13.1 Å². The minimum absolute atomic E-state index is 0.108. The molecule has 0 atom stereocenters. The van der Waals surface area contributed by atoms with Gasteiger partial charge in [-0.3, -0.25) is 9.69 Å². The fraction of sp³-hybridized carbons (Fsp3) is 0.409. The van der Waals surface area contributed by atoms with Crippen molar-refractivity contribution >= 4 is 21.6 Å². The van der Waals surface area contributed by atoms with Crippen LogP contribution in [0.2, 0.25) is 0 Å². The Balaban J connectivity index is 1.71. The summed E-state index contributed by atoms with van der Waals surface area (Å²) in [5.74, 6) is -0.280. The second-order valence-corrected chi connectivity index (χ2v) is 10.1. The largest absolute Gasteiger partial charge is 0.379 e. The maximum atomic E-state index is 12.7. The van der Waals surface area contributed by atoms with Crippen LogP contribution in [0.1, 0.15) is 36.7 Å². The van der Waals surface area contributed by atoms with Crippen molar-refractivity contribution in [3.63, 3.8) is 0 Å². The summed E-state index contributed by atoms with van der Waals surface area (Å²) in [7, 11) is -3.68. The summed E-state index contributed by atoms with van der Waals surface area (Å²) in [6, 6.07) is 13.7. The summed E-state index contributed by atoms with van der Waals surface area (Å²) in [5.41, 5.74) is 1.41. The highest BCUT2D eigenvalue weighted by Gasteiger charge is 2.22. The zero-order valence-corrected chi connectivity index (χ0v) is 18.5. The summed E-state index contributed by atoms with van der Waals surface area (Å²) in [5, 5.41) is 2.80. The van der Waals surface area contributed by atoms with Crippen molar-refractivity contribution in [2.24, 2.45) is 0 Å². The van der Waals surface area contributed by atoms with E-state index in [-0.39, 0.29) is 10.8 Å². The first-order valence-electron chi connectivity index (χ1n) is 9.97. The number of benzene rings is 2.